The van der Waals surface area contributed by atoms with Crippen LogP contribution in [0, 0.1) is 31.5 Å². The lowest BCUT2D eigenvalue weighted by molar-refractivity contribution is -0.0203. The van der Waals surface area contributed by atoms with Crippen molar-refractivity contribution in [3.05, 3.63) is 105 Å². The summed E-state index contributed by atoms with van der Waals surface area (Å²) in [5.41, 5.74) is 6.39. The molecule has 6 rings (SSSR count). The van der Waals surface area contributed by atoms with Gasteiger partial charge >= 0.3 is 0 Å². The van der Waals surface area contributed by atoms with Crippen molar-refractivity contribution in [1.82, 2.24) is 4.90 Å². The van der Waals surface area contributed by atoms with E-state index in [0.29, 0.717) is 29.7 Å². The van der Waals surface area contributed by atoms with E-state index in [2.05, 4.69) is 73.9 Å². The zero-order valence-electron chi connectivity index (χ0n) is 30.6. The number of halogens is 2. The third-order valence-electron chi connectivity index (χ3n) is 11.8. The Morgan fingerprint density at radius 2 is 1.74 bits per heavy atom. The number of para-hydroxylation sites is 1. The number of benzene rings is 3. The van der Waals surface area contributed by atoms with Crippen molar-refractivity contribution in [3.8, 4) is 5.75 Å². The Morgan fingerprint density at radius 1 is 1.00 bits per heavy atom. The minimum absolute atomic E-state index is 0.172. The fraction of sp³-hybridized carbons (Fsp3) is 0.512. The first-order valence-electron chi connectivity index (χ1n) is 18.7. The molecule has 0 amide bonds. The smallest absolute Gasteiger partial charge is 0.166 e. The van der Waals surface area contributed by atoms with E-state index >= 15 is 4.39 Å². The number of hydrogen-bond donors (Lipinski definition) is 0. The van der Waals surface area contributed by atoms with Crippen LogP contribution in [0.2, 0.25) is 5.02 Å². The number of allylic oxidation sites excluding steroid dienone is 1. The fourth-order valence-electron chi connectivity index (χ4n) is 8.08. The molecule has 0 spiro atoms. The summed E-state index contributed by atoms with van der Waals surface area (Å²) in [6.45, 7) is 12.5. The van der Waals surface area contributed by atoms with Crippen LogP contribution in [-0.4, -0.2) is 50.6 Å². The van der Waals surface area contributed by atoms with Gasteiger partial charge in [0, 0.05) is 59.6 Å². The van der Waals surface area contributed by atoms with Crippen molar-refractivity contribution in [3.63, 3.8) is 0 Å². The van der Waals surface area contributed by atoms with Crippen molar-refractivity contribution in [2.24, 2.45) is 11.8 Å². The maximum absolute atomic E-state index is 15.5. The number of hydrogen-bond acceptors (Lipinski definition) is 5. The van der Waals surface area contributed by atoms with Gasteiger partial charge in [0.25, 0.3) is 0 Å². The highest BCUT2D eigenvalue weighted by molar-refractivity contribution is 6.30. The molecule has 1 unspecified atom stereocenters. The number of piperidine rings is 1. The Morgan fingerprint density at radius 3 is 2.36 bits per heavy atom. The molecule has 3 aromatic carbocycles. The van der Waals surface area contributed by atoms with Crippen molar-refractivity contribution in [2.75, 3.05) is 44.8 Å². The molecule has 0 aromatic heterocycles. The third kappa shape index (κ3) is 7.68. The first kappa shape index (κ1) is 36.6. The van der Waals surface area contributed by atoms with E-state index in [9.17, 15) is 4.79 Å². The Bertz CT molecular complexity index is 1690. The number of rotatable bonds is 14. The average molecular weight is 701 g/mol. The van der Waals surface area contributed by atoms with Gasteiger partial charge in [-0.3, -0.25) is 9.69 Å². The van der Waals surface area contributed by atoms with E-state index in [1.165, 1.54) is 17.3 Å². The Kier molecular flexibility index (Phi) is 11.7. The molecule has 3 aromatic rings. The van der Waals surface area contributed by atoms with Gasteiger partial charge in [-0.25, -0.2) is 4.39 Å². The van der Waals surface area contributed by atoms with Crippen LogP contribution < -0.4 is 9.64 Å². The van der Waals surface area contributed by atoms with E-state index < -0.39 is 5.60 Å². The molecule has 3 aliphatic rings. The maximum Gasteiger partial charge on any atom is 0.166 e. The number of carbonyl (C=O) groups excluding carboxylic acids is 1. The number of aryl methyl sites for hydroxylation is 2. The molecule has 0 N–H and O–H groups in total. The van der Waals surface area contributed by atoms with Crippen LogP contribution in [-0.2, 0) is 10.3 Å². The van der Waals surface area contributed by atoms with Gasteiger partial charge < -0.3 is 14.4 Å². The highest BCUT2D eigenvalue weighted by atomic mass is 35.5. The number of carbonyl (C=O) groups is 1. The van der Waals surface area contributed by atoms with E-state index in [4.69, 9.17) is 21.1 Å². The van der Waals surface area contributed by atoms with Crippen molar-refractivity contribution in [1.29, 1.82) is 0 Å². The van der Waals surface area contributed by atoms with Gasteiger partial charge in [0.15, 0.2) is 5.78 Å². The molecule has 1 aliphatic heterocycles. The molecule has 50 heavy (non-hydrogen) atoms. The minimum Gasteiger partial charge on any atom is -0.482 e. The van der Waals surface area contributed by atoms with Crippen molar-refractivity contribution < 1.29 is 18.7 Å². The van der Waals surface area contributed by atoms with Crippen LogP contribution >= 0.6 is 11.6 Å². The quantitative estimate of drug-likeness (QED) is 0.157. The van der Waals surface area contributed by atoms with Crippen LogP contribution in [0.4, 0.5) is 10.1 Å². The number of ether oxygens (including phenoxy) is 2. The first-order chi connectivity index (χ1) is 24.1. The largest absolute Gasteiger partial charge is 0.482 e. The molecule has 3 fully saturated rings. The van der Waals surface area contributed by atoms with Crippen molar-refractivity contribution in [2.45, 2.75) is 90.6 Å². The van der Waals surface area contributed by atoms with Gasteiger partial charge in [0.05, 0.1) is 6.61 Å². The van der Waals surface area contributed by atoms with Crippen LogP contribution in [0.3, 0.4) is 0 Å². The number of likely N-dealkylation sites (tertiary alicyclic amines) is 1. The lowest BCUT2D eigenvalue weighted by Gasteiger charge is -2.44. The van der Waals surface area contributed by atoms with E-state index in [-0.39, 0.29) is 23.4 Å². The van der Waals surface area contributed by atoms with Crippen LogP contribution in [0.1, 0.15) is 104 Å². The average Bonchev–Trinajstić information content (AvgIpc) is 3.04. The minimum atomic E-state index is -0.779. The van der Waals surface area contributed by atoms with Gasteiger partial charge in [-0.1, -0.05) is 66.9 Å². The Labute approximate surface area is 303 Å². The van der Waals surface area contributed by atoms with Gasteiger partial charge in [0.1, 0.15) is 17.2 Å². The lowest BCUT2D eigenvalue weighted by Crippen LogP contribution is -2.43. The van der Waals surface area contributed by atoms with Crippen LogP contribution in [0.25, 0.3) is 0 Å². The number of ketones is 1. The maximum atomic E-state index is 15.5. The molecule has 268 valence electrons. The number of nitrogens with zero attached hydrogens (tertiary/aromatic N) is 2. The molecular formula is C43H54ClFN2O3. The Hall–Kier alpha value is -3.19. The molecule has 2 aliphatic carbocycles. The molecule has 1 heterocycles. The summed E-state index contributed by atoms with van der Waals surface area (Å²) in [6, 6.07) is 17.6. The fourth-order valence-corrected chi connectivity index (χ4v) is 8.24. The summed E-state index contributed by atoms with van der Waals surface area (Å²) >= 11 is 6.16. The summed E-state index contributed by atoms with van der Waals surface area (Å²) in [4.78, 5) is 18.1. The standard InChI is InChI=1S/C43H54ClFN2O3/c1-6-36(47(24-25-49-5)40-26-33(17-16-29(40)2)41(48)32-11-8-12-32)28-46-22-20-31(21-23-46)37-15-7-10-30(3)42(37)50-43(4,34-13-9-14-34)38-19-18-35(44)27-39(38)45/h6-7,10,15-19,26-27,31-32,34H,8-9,11-14,20-25,28H2,1-5H3/b36-6+. The normalized spacial score (nSPS) is 19.1. The van der Waals surface area contributed by atoms with Gasteiger partial charge in [-0.2, -0.15) is 0 Å². The summed E-state index contributed by atoms with van der Waals surface area (Å²) in [7, 11) is 1.74. The summed E-state index contributed by atoms with van der Waals surface area (Å²) in [6.07, 6.45) is 10.6. The van der Waals surface area contributed by atoms with Crippen molar-refractivity contribution >= 4 is 23.1 Å². The molecule has 0 bridgehead atoms. The summed E-state index contributed by atoms with van der Waals surface area (Å²) in [5, 5.41) is 0.399. The Balaban J connectivity index is 1.18. The summed E-state index contributed by atoms with van der Waals surface area (Å²) < 4.78 is 28.1. The van der Waals surface area contributed by atoms with Gasteiger partial charge in [0.2, 0.25) is 0 Å². The molecular weight excluding hydrogens is 647 g/mol. The highest BCUT2D eigenvalue weighted by Gasteiger charge is 2.44. The predicted octanol–water partition coefficient (Wildman–Crippen LogP) is 10.4. The van der Waals surface area contributed by atoms with Gasteiger partial charge in [-0.05, 0) is 120 Å². The van der Waals surface area contributed by atoms with Gasteiger partial charge in [-0.15, -0.1) is 0 Å². The second-order valence-corrected chi connectivity index (χ2v) is 15.4. The van der Waals surface area contributed by atoms with Crippen LogP contribution in [0.5, 0.6) is 5.75 Å². The molecule has 7 heteroatoms. The zero-order valence-corrected chi connectivity index (χ0v) is 31.3. The molecule has 2 saturated carbocycles. The molecule has 0 radical (unpaired) electrons. The lowest BCUT2D eigenvalue weighted by atomic mass is 9.70. The highest BCUT2D eigenvalue weighted by Crippen LogP contribution is 2.48. The number of methoxy groups -OCH3 is 1. The topological polar surface area (TPSA) is 42.0 Å². The van der Waals surface area contributed by atoms with Crippen LogP contribution in [0.15, 0.2) is 66.4 Å². The number of Topliss-reactive ketones (excluding diaryl/α,β-unsaturated/α-hetero) is 1. The second-order valence-electron chi connectivity index (χ2n) is 14.9. The summed E-state index contributed by atoms with van der Waals surface area (Å²) in [5.74, 6) is 1.64. The van der Waals surface area contributed by atoms with E-state index in [0.717, 1.165) is 99.1 Å². The monoisotopic (exact) mass is 700 g/mol. The van der Waals surface area contributed by atoms with E-state index in [1.807, 2.05) is 12.1 Å². The molecule has 1 atom stereocenters. The molecule has 1 saturated heterocycles. The third-order valence-corrected chi connectivity index (χ3v) is 12.0. The zero-order chi connectivity index (χ0) is 35.4. The van der Waals surface area contributed by atoms with E-state index in [1.54, 1.807) is 13.2 Å². The predicted molar refractivity (Wildman–Crippen MR) is 202 cm³/mol. The number of anilines is 1. The SMILES string of the molecule is C/C=C(\CN1CCC(c2cccc(C)c2OC(C)(c2ccc(Cl)cc2F)C2CCC2)CC1)N(CCOC)c1cc(C(=O)C2CCC2)ccc1C. The molecule has 5 nitrogen and oxygen atoms in total. The second kappa shape index (κ2) is 16.0. The first-order valence-corrected chi connectivity index (χ1v) is 19.0.